The van der Waals surface area contributed by atoms with Gasteiger partial charge in [0.2, 0.25) is 0 Å². The number of benzene rings is 1. The van der Waals surface area contributed by atoms with Crippen molar-refractivity contribution < 1.29 is 9.53 Å². The first-order valence-corrected chi connectivity index (χ1v) is 5.68. The van der Waals surface area contributed by atoms with Crippen LogP contribution in [0.3, 0.4) is 0 Å². The van der Waals surface area contributed by atoms with Crippen LogP contribution in [0.25, 0.3) is 0 Å². The zero-order valence-corrected chi connectivity index (χ0v) is 10.1. The summed E-state index contributed by atoms with van der Waals surface area (Å²) in [6, 6.07) is 3.53. The molecule has 16 heavy (non-hydrogen) atoms. The summed E-state index contributed by atoms with van der Waals surface area (Å²) < 4.78 is 4.97. The molecular weight excluding hydrogens is 202 g/mol. The normalized spacial score (nSPS) is 10.2. The van der Waals surface area contributed by atoms with Gasteiger partial charge in [-0.2, -0.15) is 0 Å². The largest absolute Gasteiger partial charge is 0.462 e. The molecule has 0 spiro atoms. The molecule has 3 nitrogen and oxygen atoms in total. The van der Waals surface area contributed by atoms with E-state index in [1.807, 2.05) is 13.8 Å². The van der Waals surface area contributed by atoms with Gasteiger partial charge in [-0.15, -0.1) is 0 Å². The first-order chi connectivity index (χ1) is 7.63. The Kier molecular flexibility index (Phi) is 4.35. The number of hydrogen-bond acceptors (Lipinski definition) is 2. The maximum absolute atomic E-state index is 11.6. The SMILES string of the molecule is CCOC(=O)c1cc(CC)c([NH])c(CC)c1. The Morgan fingerprint density at radius 2 is 1.69 bits per heavy atom. The van der Waals surface area contributed by atoms with Crippen LogP contribution in [0.2, 0.25) is 0 Å². The molecule has 1 aromatic rings. The molecule has 0 fully saturated rings. The fourth-order valence-electron chi connectivity index (χ4n) is 1.66. The molecule has 3 heteroatoms. The lowest BCUT2D eigenvalue weighted by atomic mass is 9.99. The number of nitrogens with one attached hydrogen (secondary N) is 1. The molecule has 0 unspecified atom stereocenters. The Bertz CT molecular complexity index is 361. The highest BCUT2D eigenvalue weighted by atomic mass is 16.5. The third-order valence-electron chi connectivity index (χ3n) is 2.57. The molecule has 1 N–H and O–H groups in total. The molecule has 0 aliphatic rings. The highest BCUT2D eigenvalue weighted by Crippen LogP contribution is 2.23. The van der Waals surface area contributed by atoms with Crippen LogP contribution in [0, 0.1) is 0 Å². The minimum absolute atomic E-state index is 0.299. The Morgan fingerprint density at radius 1 is 1.19 bits per heavy atom. The van der Waals surface area contributed by atoms with E-state index in [0.29, 0.717) is 17.9 Å². The van der Waals surface area contributed by atoms with Crippen molar-refractivity contribution in [1.29, 1.82) is 0 Å². The summed E-state index contributed by atoms with van der Waals surface area (Å²) in [5, 5.41) is 0. The maximum Gasteiger partial charge on any atom is 0.338 e. The van der Waals surface area contributed by atoms with Crippen molar-refractivity contribution in [2.24, 2.45) is 0 Å². The lowest BCUT2D eigenvalue weighted by molar-refractivity contribution is 0.0526. The summed E-state index contributed by atoms with van der Waals surface area (Å²) in [5.41, 5.74) is 10.9. The van der Waals surface area contributed by atoms with Gasteiger partial charge in [-0.25, -0.2) is 4.79 Å². The van der Waals surface area contributed by atoms with Crippen molar-refractivity contribution in [2.75, 3.05) is 6.61 Å². The number of hydrogen-bond donors (Lipinski definition) is 0. The molecule has 0 atom stereocenters. The van der Waals surface area contributed by atoms with Crippen LogP contribution >= 0.6 is 0 Å². The maximum atomic E-state index is 11.6. The number of ether oxygens (including phenoxy) is 1. The second kappa shape index (κ2) is 5.54. The van der Waals surface area contributed by atoms with E-state index in [-0.39, 0.29) is 5.97 Å². The number of aryl methyl sites for hydroxylation is 2. The Morgan fingerprint density at radius 3 is 2.06 bits per heavy atom. The van der Waals surface area contributed by atoms with E-state index in [2.05, 4.69) is 0 Å². The van der Waals surface area contributed by atoms with Crippen molar-refractivity contribution in [1.82, 2.24) is 5.73 Å². The fourth-order valence-corrected chi connectivity index (χ4v) is 1.66. The van der Waals surface area contributed by atoms with E-state index >= 15 is 0 Å². The van der Waals surface area contributed by atoms with Crippen LogP contribution in [0.1, 0.15) is 42.3 Å². The third kappa shape index (κ3) is 2.54. The quantitative estimate of drug-likeness (QED) is 0.732. The summed E-state index contributed by atoms with van der Waals surface area (Å²) in [7, 11) is 0. The second-order valence-electron chi connectivity index (χ2n) is 3.60. The molecule has 87 valence electrons. The van der Waals surface area contributed by atoms with Crippen molar-refractivity contribution in [3.05, 3.63) is 28.8 Å². The molecule has 0 saturated heterocycles. The van der Waals surface area contributed by atoms with Gasteiger partial charge in [-0.1, -0.05) is 13.8 Å². The summed E-state index contributed by atoms with van der Waals surface area (Å²) in [5.74, 6) is -0.299. The number of carbonyl (C=O) groups excluding carboxylic acids is 1. The van der Waals surface area contributed by atoms with E-state index in [1.165, 1.54) is 0 Å². The van der Waals surface area contributed by atoms with Crippen LogP contribution in [0.5, 0.6) is 0 Å². The zero-order chi connectivity index (χ0) is 12.1. The van der Waals surface area contributed by atoms with Gasteiger partial charge in [0, 0.05) is 0 Å². The molecule has 0 bridgehead atoms. The Balaban J connectivity index is 3.16. The standard InChI is InChI=1S/C13H18NO2/c1-4-9-7-11(13(15)16-6-3)8-10(5-2)12(9)14/h7-8,14H,4-6H2,1-3H3. The highest BCUT2D eigenvalue weighted by molar-refractivity contribution is 5.90. The predicted molar refractivity (Wildman–Crippen MR) is 63.9 cm³/mol. The van der Waals surface area contributed by atoms with Crippen LogP contribution in [-0.4, -0.2) is 12.6 Å². The Hall–Kier alpha value is -1.51. The smallest absolute Gasteiger partial charge is 0.338 e. The summed E-state index contributed by atoms with van der Waals surface area (Å²) in [6.45, 7) is 6.14. The topological polar surface area (TPSA) is 50.1 Å². The fraction of sp³-hybridized carbons (Fsp3) is 0.462. The molecule has 0 amide bonds. The van der Waals surface area contributed by atoms with Crippen LogP contribution in [0.15, 0.2) is 12.1 Å². The minimum Gasteiger partial charge on any atom is -0.462 e. The lowest BCUT2D eigenvalue weighted by Gasteiger charge is -2.10. The van der Waals surface area contributed by atoms with Gasteiger partial charge in [0.15, 0.2) is 0 Å². The van der Waals surface area contributed by atoms with Crippen molar-refractivity contribution in [3.8, 4) is 0 Å². The van der Waals surface area contributed by atoms with Gasteiger partial charge in [0.05, 0.1) is 17.9 Å². The van der Waals surface area contributed by atoms with Gasteiger partial charge in [-0.3, -0.25) is 0 Å². The van der Waals surface area contributed by atoms with E-state index in [1.54, 1.807) is 19.1 Å². The monoisotopic (exact) mass is 220 g/mol. The molecule has 1 aromatic carbocycles. The molecule has 0 heterocycles. The average molecular weight is 220 g/mol. The number of rotatable bonds is 4. The molecule has 1 radical (unpaired) electrons. The van der Waals surface area contributed by atoms with Crippen molar-refractivity contribution >= 4 is 11.7 Å². The Labute approximate surface area is 96.6 Å². The van der Waals surface area contributed by atoms with Crippen LogP contribution in [0.4, 0.5) is 5.69 Å². The summed E-state index contributed by atoms with van der Waals surface area (Å²) in [4.78, 5) is 11.6. The molecule has 1 rings (SSSR count). The molecule has 0 aliphatic carbocycles. The van der Waals surface area contributed by atoms with Gasteiger partial charge in [0.25, 0.3) is 0 Å². The second-order valence-corrected chi connectivity index (χ2v) is 3.60. The van der Waals surface area contributed by atoms with E-state index < -0.39 is 0 Å². The van der Waals surface area contributed by atoms with Crippen LogP contribution < -0.4 is 5.73 Å². The van der Waals surface area contributed by atoms with E-state index in [9.17, 15) is 4.79 Å². The average Bonchev–Trinajstić information content (AvgIpc) is 2.29. The predicted octanol–water partition coefficient (Wildman–Crippen LogP) is 2.90. The highest BCUT2D eigenvalue weighted by Gasteiger charge is 2.12. The lowest BCUT2D eigenvalue weighted by Crippen LogP contribution is -2.06. The summed E-state index contributed by atoms with van der Waals surface area (Å²) in [6.07, 6.45) is 1.53. The number of esters is 1. The molecule has 0 aromatic heterocycles. The zero-order valence-electron chi connectivity index (χ0n) is 10.1. The van der Waals surface area contributed by atoms with Crippen LogP contribution in [-0.2, 0) is 17.6 Å². The third-order valence-corrected chi connectivity index (χ3v) is 2.57. The molecule has 0 saturated carbocycles. The first kappa shape index (κ1) is 12.6. The van der Waals surface area contributed by atoms with Crippen molar-refractivity contribution in [2.45, 2.75) is 33.6 Å². The van der Waals surface area contributed by atoms with E-state index in [4.69, 9.17) is 10.5 Å². The van der Waals surface area contributed by atoms with Gasteiger partial charge in [-0.05, 0) is 43.0 Å². The van der Waals surface area contributed by atoms with E-state index in [0.717, 1.165) is 24.0 Å². The van der Waals surface area contributed by atoms with Gasteiger partial charge >= 0.3 is 5.97 Å². The molecular formula is C13H18NO2. The van der Waals surface area contributed by atoms with Gasteiger partial charge in [0.1, 0.15) is 0 Å². The van der Waals surface area contributed by atoms with Gasteiger partial charge < -0.3 is 10.5 Å². The first-order valence-electron chi connectivity index (χ1n) is 5.68. The number of carbonyl (C=O) groups is 1. The molecule has 0 aliphatic heterocycles. The minimum atomic E-state index is -0.299. The summed E-state index contributed by atoms with van der Waals surface area (Å²) >= 11 is 0. The van der Waals surface area contributed by atoms with Crippen molar-refractivity contribution in [3.63, 3.8) is 0 Å².